The number of aliphatic imine (C=N–C) groups is 1. The molecule has 0 amide bonds. The van der Waals surface area contributed by atoms with Crippen LogP contribution in [0.2, 0.25) is 0 Å². The molecule has 0 bridgehead atoms. The van der Waals surface area contributed by atoms with Gasteiger partial charge in [0.25, 0.3) is 0 Å². The van der Waals surface area contributed by atoms with Crippen LogP contribution in [0, 0.1) is 0 Å². The smallest absolute Gasteiger partial charge is 0.374 e. The summed E-state index contributed by atoms with van der Waals surface area (Å²) in [4.78, 5) is 16.1. The van der Waals surface area contributed by atoms with Crippen molar-refractivity contribution in [3.63, 3.8) is 0 Å². The molecule has 2 aliphatic heterocycles. The monoisotopic (exact) mass is 273 g/mol. The van der Waals surface area contributed by atoms with Gasteiger partial charge in [-0.1, -0.05) is 12.1 Å². The molecule has 0 unspecified atom stereocenters. The number of benzene rings is 1. The van der Waals surface area contributed by atoms with E-state index in [4.69, 9.17) is 9.47 Å². The Labute approximate surface area is 116 Å². The van der Waals surface area contributed by atoms with Crippen LogP contribution >= 0.6 is 0 Å². The number of hydrogen-bond donors (Lipinski definition) is 1. The Morgan fingerprint density at radius 2 is 2.05 bits per heavy atom. The van der Waals surface area contributed by atoms with Crippen LogP contribution in [0.25, 0.3) is 0 Å². The minimum absolute atomic E-state index is 0.108. The van der Waals surface area contributed by atoms with Gasteiger partial charge in [-0.05, 0) is 26.0 Å². The van der Waals surface area contributed by atoms with Gasteiger partial charge in [0.15, 0.2) is 0 Å². The molecule has 0 atom stereocenters. The number of nitrogens with zero attached hydrogens (tertiary/aromatic N) is 1. The summed E-state index contributed by atoms with van der Waals surface area (Å²) in [5, 5.41) is 9.81. The van der Waals surface area contributed by atoms with Crippen molar-refractivity contribution in [3.05, 3.63) is 35.6 Å². The van der Waals surface area contributed by atoms with Gasteiger partial charge in [-0.15, -0.1) is 0 Å². The summed E-state index contributed by atoms with van der Waals surface area (Å²) in [6.45, 7) is 3.96. The van der Waals surface area contributed by atoms with Gasteiger partial charge in [-0.2, -0.15) is 0 Å². The van der Waals surface area contributed by atoms with Crippen LogP contribution in [-0.4, -0.2) is 29.0 Å². The van der Waals surface area contributed by atoms with E-state index in [-0.39, 0.29) is 18.1 Å². The molecule has 1 N–H and O–H groups in total. The normalized spacial score (nSPS) is 22.5. The van der Waals surface area contributed by atoms with Crippen LogP contribution in [0.5, 0.6) is 5.75 Å². The fourth-order valence-electron chi connectivity index (χ4n) is 2.34. The number of hydrogen-bond acceptors (Lipinski definition) is 5. The first-order valence-corrected chi connectivity index (χ1v) is 6.41. The molecule has 2 aliphatic rings. The van der Waals surface area contributed by atoms with Crippen molar-refractivity contribution in [3.8, 4) is 5.75 Å². The van der Waals surface area contributed by atoms with Crippen LogP contribution in [0.15, 0.2) is 40.6 Å². The van der Waals surface area contributed by atoms with E-state index in [1.165, 1.54) is 0 Å². The van der Waals surface area contributed by atoms with E-state index < -0.39 is 11.6 Å². The number of phenolic OH excluding ortho intramolecular Hbond substituents is 1. The Bertz CT molecular complexity index is 643. The number of ether oxygens (including phenoxy) is 2. The standard InChI is InChI=1S/C15H15NO4/c1-15(2)7-11(9-8-19-14(18)13(9)20-15)16-10-5-3-4-6-12(10)17/h3-6,17H,7-8H2,1-2H3. The lowest BCUT2D eigenvalue weighted by atomic mass is 9.93. The fourth-order valence-corrected chi connectivity index (χ4v) is 2.34. The average molecular weight is 273 g/mol. The number of phenols is 1. The number of cyclic esters (lactones) is 1. The van der Waals surface area contributed by atoms with E-state index in [1.807, 2.05) is 13.8 Å². The highest BCUT2D eigenvalue weighted by Crippen LogP contribution is 2.36. The zero-order chi connectivity index (χ0) is 14.3. The first kappa shape index (κ1) is 12.7. The topological polar surface area (TPSA) is 68.1 Å². The van der Waals surface area contributed by atoms with Crippen molar-refractivity contribution in [1.29, 1.82) is 0 Å². The largest absolute Gasteiger partial charge is 0.506 e. The van der Waals surface area contributed by atoms with Crippen molar-refractivity contribution in [2.24, 2.45) is 4.99 Å². The lowest BCUT2D eigenvalue weighted by Crippen LogP contribution is -2.34. The maximum absolute atomic E-state index is 11.7. The molecule has 5 heteroatoms. The number of rotatable bonds is 1. The van der Waals surface area contributed by atoms with E-state index in [2.05, 4.69) is 4.99 Å². The first-order chi connectivity index (χ1) is 9.46. The highest BCUT2D eigenvalue weighted by Gasteiger charge is 2.40. The molecule has 0 fully saturated rings. The van der Waals surface area contributed by atoms with Crippen molar-refractivity contribution in [2.45, 2.75) is 25.9 Å². The van der Waals surface area contributed by atoms with Gasteiger partial charge in [0.1, 0.15) is 23.6 Å². The molecule has 5 nitrogen and oxygen atoms in total. The third-order valence-electron chi connectivity index (χ3n) is 3.26. The molecular formula is C15H15NO4. The number of esters is 1. The molecule has 0 spiro atoms. The van der Waals surface area contributed by atoms with Gasteiger partial charge in [-0.25, -0.2) is 9.79 Å². The van der Waals surface area contributed by atoms with E-state index in [0.29, 0.717) is 17.7 Å². The maximum Gasteiger partial charge on any atom is 0.374 e. The van der Waals surface area contributed by atoms with Crippen LogP contribution in [0.3, 0.4) is 0 Å². The molecule has 0 saturated carbocycles. The van der Waals surface area contributed by atoms with Gasteiger partial charge >= 0.3 is 5.97 Å². The number of para-hydroxylation sites is 2. The van der Waals surface area contributed by atoms with Gasteiger partial charge in [0.05, 0.1) is 11.3 Å². The molecule has 1 aromatic rings. The van der Waals surface area contributed by atoms with Gasteiger partial charge in [0.2, 0.25) is 5.76 Å². The molecule has 2 heterocycles. The first-order valence-electron chi connectivity index (χ1n) is 6.41. The third-order valence-corrected chi connectivity index (χ3v) is 3.26. The molecule has 0 aliphatic carbocycles. The summed E-state index contributed by atoms with van der Waals surface area (Å²) in [7, 11) is 0. The van der Waals surface area contributed by atoms with Gasteiger partial charge < -0.3 is 14.6 Å². The second-order valence-electron chi connectivity index (χ2n) is 5.47. The second kappa shape index (κ2) is 4.37. The van der Waals surface area contributed by atoms with Crippen molar-refractivity contribution in [1.82, 2.24) is 0 Å². The van der Waals surface area contributed by atoms with Gasteiger partial charge in [0, 0.05) is 6.42 Å². The molecule has 3 rings (SSSR count). The third kappa shape index (κ3) is 2.15. The lowest BCUT2D eigenvalue weighted by molar-refractivity contribution is -0.141. The highest BCUT2D eigenvalue weighted by atomic mass is 16.6. The summed E-state index contributed by atoms with van der Waals surface area (Å²) in [6.07, 6.45) is 0.552. The Morgan fingerprint density at radius 1 is 1.30 bits per heavy atom. The molecule has 1 aromatic carbocycles. The number of carbonyl (C=O) groups excluding carboxylic acids is 1. The van der Waals surface area contributed by atoms with E-state index in [1.54, 1.807) is 24.3 Å². The molecular weight excluding hydrogens is 258 g/mol. The molecule has 20 heavy (non-hydrogen) atoms. The van der Waals surface area contributed by atoms with E-state index in [0.717, 1.165) is 5.71 Å². The summed E-state index contributed by atoms with van der Waals surface area (Å²) < 4.78 is 10.7. The Hall–Kier alpha value is -2.30. The summed E-state index contributed by atoms with van der Waals surface area (Å²) >= 11 is 0. The highest BCUT2D eigenvalue weighted by molar-refractivity contribution is 6.10. The zero-order valence-electron chi connectivity index (χ0n) is 11.3. The van der Waals surface area contributed by atoms with Crippen LogP contribution < -0.4 is 0 Å². The Morgan fingerprint density at radius 3 is 2.80 bits per heavy atom. The van der Waals surface area contributed by atoms with Crippen molar-refractivity contribution in [2.75, 3.05) is 6.61 Å². The summed E-state index contributed by atoms with van der Waals surface area (Å²) in [5.74, 6) is -0.0927. The molecule has 104 valence electrons. The van der Waals surface area contributed by atoms with Crippen LogP contribution in [0.1, 0.15) is 20.3 Å². The Kier molecular flexibility index (Phi) is 2.78. The SMILES string of the molecule is CC1(C)CC(=Nc2ccccc2O)C2=C(O1)C(=O)OC2. The maximum atomic E-state index is 11.7. The van der Waals surface area contributed by atoms with Crippen molar-refractivity contribution >= 4 is 17.4 Å². The quantitative estimate of drug-likeness (QED) is 0.798. The lowest BCUT2D eigenvalue weighted by Gasteiger charge is -2.31. The van der Waals surface area contributed by atoms with E-state index >= 15 is 0 Å². The van der Waals surface area contributed by atoms with Crippen LogP contribution in [-0.2, 0) is 14.3 Å². The number of carbonyl (C=O) groups is 1. The average Bonchev–Trinajstić information content (AvgIpc) is 2.73. The zero-order valence-corrected chi connectivity index (χ0v) is 11.3. The molecule has 0 radical (unpaired) electrons. The van der Waals surface area contributed by atoms with Gasteiger partial charge in [-0.3, -0.25) is 0 Å². The minimum Gasteiger partial charge on any atom is -0.506 e. The van der Waals surface area contributed by atoms with E-state index in [9.17, 15) is 9.90 Å². The minimum atomic E-state index is -0.522. The molecule has 0 aromatic heterocycles. The van der Waals surface area contributed by atoms with Crippen molar-refractivity contribution < 1.29 is 19.4 Å². The van der Waals surface area contributed by atoms with Crippen LogP contribution in [0.4, 0.5) is 5.69 Å². The predicted molar refractivity (Wildman–Crippen MR) is 73.0 cm³/mol. The fraction of sp³-hybridized carbons (Fsp3) is 0.333. The second-order valence-corrected chi connectivity index (χ2v) is 5.47. The summed E-state index contributed by atoms with van der Waals surface area (Å²) in [6, 6.07) is 6.84. The Balaban J connectivity index is 2.08. The summed E-state index contributed by atoms with van der Waals surface area (Å²) in [5.41, 5.74) is 1.36. The predicted octanol–water partition coefficient (Wildman–Crippen LogP) is 2.47. The molecule has 0 saturated heterocycles. The number of aromatic hydroxyl groups is 1.